The third-order valence-corrected chi connectivity index (χ3v) is 5.24. The number of benzene rings is 2. The topological polar surface area (TPSA) is 72.8 Å². The van der Waals surface area contributed by atoms with E-state index in [-0.39, 0.29) is 5.91 Å². The molecule has 0 aliphatic carbocycles. The molecular formula is C23H22ClN3O3S. The van der Waals surface area contributed by atoms with E-state index in [2.05, 4.69) is 15.5 Å². The van der Waals surface area contributed by atoms with Crippen LogP contribution in [0.25, 0.3) is 0 Å². The monoisotopic (exact) mass is 455 g/mol. The highest BCUT2D eigenvalue weighted by Crippen LogP contribution is 2.28. The van der Waals surface area contributed by atoms with Gasteiger partial charge in [-0.1, -0.05) is 11.6 Å². The average Bonchev–Trinajstić information content (AvgIpc) is 2.80. The number of hydrogen-bond acceptors (Lipinski definition) is 6. The number of pyridine rings is 1. The van der Waals surface area contributed by atoms with Crippen LogP contribution in [0, 0.1) is 0 Å². The number of thioether (sulfide) groups is 1. The number of rotatable bonds is 10. The highest BCUT2D eigenvalue weighted by molar-refractivity contribution is 7.99. The Morgan fingerprint density at radius 3 is 2.61 bits per heavy atom. The largest absolute Gasteiger partial charge is 0.490 e. The fourth-order valence-electron chi connectivity index (χ4n) is 2.57. The number of ether oxygens (including phenoxy) is 2. The van der Waals surface area contributed by atoms with E-state index in [1.54, 1.807) is 42.5 Å². The minimum absolute atomic E-state index is 0.304. The maximum absolute atomic E-state index is 12.0. The summed E-state index contributed by atoms with van der Waals surface area (Å²) in [7, 11) is 0. The summed E-state index contributed by atoms with van der Waals surface area (Å²) in [5.74, 6) is 1.78. The first-order valence-electron chi connectivity index (χ1n) is 9.67. The number of nitrogens with one attached hydrogen (secondary N) is 1. The van der Waals surface area contributed by atoms with Gasteiger partial charge in [0, 0.05) is 33.6 Å². The Balaban J connectivity index is 1.54. The van der Waals surface area contributed by atoms with Crippen LogP contribution >= 0.6 is 23.4 Å². The number of carbonyl (C=O) groups excluding carboxylic acids is 1. The molecule has 3 aromatic rings. The Morgan fingerprint density at radius 1 is 1.10 bits per heavy atom. The molecule has 0 aliphatic rings. The molecule has 0 saturated carbocycles. The molecule has 31 heavy (non-hydrogen) atoms. The molecule has 2 aromatic carbocycles. The zero-order valence-corrected chi connectivity index (χ0v) is 18.5. The van der Waals surface area contributed by atoms with E-state index in [1.165, 1.54) is 0 Å². The van der Waals surface area contributed by atoms with Crippen molar-refractivity contribution < 1.29 is 14.3 Å². The first kappa shape index (κ1) is 22.7. The van der Waals surface area contributed by atoms with E-state index >= 15 is 0 Å². The van der Waals surface area contributed by atoms with Gasteiger partial charge in [-0.2, -0.15) is 5.10 Å². The van der Waals surface area contributed by atoms with Crippen LogP contribution in [0.1, 0.15) is 22.8 Å². The van der Waals surface area contributed by atoms with Gasteiger partial charge in [0.25, 0.3) is 5.91 Å². The van der Waals surface area contributed by atoms with Gasteiger partial charge >= 0.3 is 0 Å². The zero-order chi connectivity index (χ0) is 21.9. The second-order valence-corrected chi connectivity index (χ2v) is 7.83. The molecule has 1 aromatic heterocycles. The fraction of sp³-hybridized carbons (Fsp3) is 0.174. The van der Waals surface area contributed by atoms with Crippen LogP contribution in [-0.4, -0.2) is 36.1 Å². The SMILES string of the molecule is CCOc1cc(C=NNC(=O)c2ccncc2)ccc1OCCSc1ccc(Cl)cc1. The molecule has 8 heteroatoms. The molecule has 0 saturated heterocycles. The molecule has 0 radical (unpaired) electrons. The highest BCUT2D eigenvalue weighted by Gasteiger charge is 2.07. The van der Waals surface area contributed by atoms with E-state index < -0.39 is 0 Å². The van der Waals surface area contributed by atoms with Gasteiger partial charge in [-0.15, -0.1) is 11.8 Å². The van der Waals surface area contributed by atoms with E-state index in [9.17, 15) is 4.79 Å². The molecule has 0 spiro atoms. The molecule has 0 fully saturated rings. The van der Waals surface area contributed by atoms with E-state index in [1.807, 2.05) is 49.4 Å². The molecule has 0 unspecified atom stereocenters. The first-order valence-corrected chi connectivity index (χ1v) is 11.0. The summed E-state index contributed by atoms with van der Waals surface area (Å²) < 4.78 is 11.6. The average molecular weight is 456 g/mol. The van der Waals surface area contributed by atoms with Crippen LogP contribution in [0.5, 0.6) is 11.5 Å². The van der Waals surface area contributed by atoms with Crippen LogP contribution in [0.2, 0.25) is 5.02 Å². The number of halogens is 1. The summed E-state index contributed by atoms with van der Waals surface area (Å²) in [5, 5.41) is 4.73. The summed E-state index contributed by atoms with van der Waals surface area (Å²) in [6, 6.07) is 16.5. The second kappa shape index (κ2) is 12.0. The molecule has 0 aliphatic heterocycles. The van der Waals surface area contributed by atoms with Crippen molar-refractivity contribution in [2.45, 2.75) is 11.8 Å². The lowest BCUT2D eigenvalue weighted by Gasteiger charge is -2.12. The summed E-state index contributed by atoms with van der Waals surface area (Å²) in [5.41, 5.74) is 3.76. The Kier molecular flexibility index (Phi) is 8.75. The second-order valence-electron chi connectivity index (χ2n) is 6.23. The van der Waals surface area contributed by atoms with Crippen LogP contribution < -0.4 is 14.9 Å². The molecule has 1 heterocycles. The smallest absolute Gasteiger partial charge is 0.271 e. The summed E-state index contributed by atoms with van der Waals surface area (Å²) in [4.78, 5) is 17.0. The predicted molar refractivity (Wildman–Crippen MR) is 125 cm³/mol. The lowest BCUT2D eigenvalue weighted by molar-refractivity contribution is 0.0955. The number of hydrogen-bond donors (Lipinski definition) is 1. The van der Waals surface area contributed by atoms with Gasteiger partial charge in [0.1, 0.15) is 0 Å². The van der Waals surface area contributed by atoms with E-state index in [0.717, 1.165) is 21.2 Å². The van der Waals surface area contributed by atoms with Crippen molar-refractivity contribution in [3.05, 3.63) is 83.1 Å². The van der Waals surface area contributed by atoms with Gasteiger partial charge in [-0.3, -0.25) is 9.78 Å². The zero-order valence-electron chi connectivity index (χ0n) is 17.0. The highest BCUT2D eigenvalue weighted by atomic mass is 35.5. The van der Waals surface area contributed by atoms with Crippen LogP contribution in [0.3, 0.4) is 0 Å². The molecule has 6 nitrogen and oxygen atoms in total. The molecule has 1 N–H and O–H groups in total. The van der Waals surface area contributed by atoms with Crippen molar-refractivity contribution >= 4 is 35.5 Å². The van der Waals surface area contributed by atoms with Crippen LogP contribution in [0.15, 0.2) is 77.0 Å². The van der Waals surface area contributed by atoms with Gasteiger partial charge in [-0.25, -0.2) is 5.43 Å². The Bertz CT molecular complexity index is 1010. The fourth-order valence-corrected chi connectivity index (χ4v) is 3.42. The molecule has 160 valence electrons. The number of hydrazone groups is 1. The van der Waals surface area contributed by atoms with E-state index in [4.69, 9.17) is 21.1 Å². The summed E-state index contributed by atoms with van der Waals surface area (Å²) in [6.07, 6.45) is 4.67. The predicted octanol–water partition coefficient (Wildman–Crippen LogP) is 5.07. The first-order chi connectivity index (χ1) is 15.2. The van der Waals surface area contributed by atoms with Crippen LogP contribution in [-0.2, 0) is 0 Å². The Labute approximate surface area is 190 Å². The Morgan fingerprint density at radius 2 is 1.87 bits per heavy atom. The third kappa shape index (κ3) is 7.31. The van der Waals surface area contributed by atoms with Gasteiger partial charge in [-0.05, 0) is 67.1 Å². The van der Waals surface area contributed by atoms with Crippen molar-refractivity contribution in [1.29, 1.82) is 0 Å². The van der Waals surface area contributed by atoms with Crippen molar-refractivity contribution in [1.82, 2.24) is 10.4 Å². The molecule has 0 atom stereocenters. The van der Waals surface area contributed by atoms with Gasteiger partial charge in [0.05, 0.1) is 19.4 Å². The van der Waals surface area contributed by atoms with Crippen molar-refractivity contribution in [2.75, 3.05) is 19.0 Å². The van der Waals surface area contributed by atoms with Gasteiger partial charge < -0.3 is 9.47 Å². The maximum Gasteiger partial charge on any atom is 0.271 e. The minimum atomic E-state index is -0.304. The standard InChI is InChI=1S/C23H22ClN3O3S/c1-2-29-22-15-17(16-26-27-23(28)18-9-11-25-12-10-18)3-8-21(22)30-13-14-31-20-6-4-19(24)5-7-20/h3-12,15-16H,2,13-14H2,1H3,(H,27,28). The van der Waals surface area contributed by atoms with Crippen molar-refractivity contribution in [3.8, 4) is 11.5 Å². The minimum Gasteiger partial charge on any atom is -0.490 e. The Hall–Kier alpha value is -3.03. The van der Waals surface area contributed by atoms with Crippen molar-refractivity contribution in [2.24, 2.45) is 5.10 Å². The molecular weight excluding hydrogens is 434 g/mol. The number of nitrogens with zero attached hydrogens (tertiary/aromatic N) is 2. The number of carbonyl (C=O) groups is 1. The quantitative estimate of drug-likeness (QED) is 0.200. The van der Waals surface area contributed by atoms with Crippen molar-refractivity contribution in [3.63, 3.8) is 0 Å². The molecule has 0 bridgehead atoms. The lowest BCUT2D eigenvalue weighted by Crippen LogP contribution is -2.17. The van der Waals surface area contributed by atoms with E-state index in [0.29, 0.717) is 30.3 Å². The lowest BCUT2D eigenvalue weighted by atomic mass is 10.2. The molecule has 3 rings (SSSR count). The maximum atomic E-state index is 12.0. The normalized spacial score (nSPS) is 10.8. The van der Waals surface area contributed by atoms with Gasteiger partial charge in [0.2, 0.25) is 0 Å². The summed E-state index contributed by atoms with van der Waals surface area (Å²) >= 11 is 7.60. The molecule has 1 amide bonds. The third-order valence-electron chi connectivity index (χ3n) is 4.01. The number of amides is 1. The summed E-state index contributed by atoms with van der Waals surface area (Å²) in [6.45, 7) is 2.95. The van der Waals surface area contributed by atoms with Crippen LogP contribution in [0.4, 0.5) is 0 Å². The van der Waals surface area contributed by atoms with Gasteiger partial charge in [0.15, 0.2) is 11.5 Å². The number of aromatic nitrogens is 1.